The second-order valence-corrected chi connectivity index (χ2v) is 5.45. The molecule has 1 heterocycles. The lowest BCUT2D eigenvalue weighted by Crippen LogP contribution is -2.54. The van der Waals surface area contributed by atoms with Crippen molar-refractivity contribution in [1.29, 1.82) is 0 Å². The van der Waals surface area contributed by atoms with E-state index in [4.69, 9.17) is 10.5 Å². The number of ether oxygens (including phenoxy) is 1. The Kier molecular flexibility index (Phi) is 6.05. The number of amides is 1. The first-order valence-corrected chi connectivity index (χ1v) is 6.76. The molecule has 1 aliphatic rings. The molecule has 0 aromatic heterocycles. The fourth-order valence-electron chi connectivity index (χ4n) is 2.15. The number of morpholine rings is 1. The van der Waals surface area contributed by atoms with E-state index in [1.165, 1.54) is 0 Å². The average molecular weight is 257 g/mol. The molecule has 3 atom stereocenters. The van der Waals surface area contributed by atoms with Crippen molar-refractivity contribution < 1.29 is 9.53 Å². The molecule has 0 aromatic carbocycles. The van der Waals surface area contributed by atoms with Crippen molar-refractivity contribution in [2.24, 2.45) is 11.7 Å². The summed E-state index contributed by atoms with van der Waals surface area (Å²) in [4.78, 5) is 16.2. The number of nitrogens with two attached hydrogens (primary N) is 1. The van der Waals surface area contributed by atoms with E-state index in [2.05, 4.69) is 11.8 Å². The predicted octanol–water partition coefficient (Wildman–Crippen LogP) is 0.149. The van der Waals surface area contributed by atoms with Crippen molar-refractivity contribution in [3.05, 3.63) is 0 Å². The molecule has 106 valence electrons. The summed E-state index contributed by atoms with van der Waals surface area (Å²) in [5, 5.41) is 0. The van der Waals surface area contributed by atoms with Gasteiger partial charge in [0.05, 0.1) is 18.8 Å². The van der Waals surface area contributed by atoms with E-state index in [1.807, 2.05) is 25.9 Å². The minimum atomic E-state index is -0.381. The van der Waals surface area contributed by atoms with E-state index in [1.54, 1.807) is 0 Å². The fraction of sp³-hybridized carbons (Fsp3) is 0.923. The third-order valence-corrected chi connectivity index (χ3v) is 3.56. The number of nitrogens with zero attached hydrogens (tertiary/aromatic N) is 2. The van der Waals surface area contributed by atoms with Gasteiger partial charge < -0.3 is 20.3 Å². The van der Waals surface area contributed by atoms with Gasteiger partial charge in [-0.2, -0.15) is 0 Å². The zero-order valence-electron chi connectivity index (χ0n) is 12.1. The third-order valence-electron chi connectivity index (χ3n) is 3.56. The molecule has 0 spiro atoms. The topological polar surface area (TPSA) is 58.8 Å². The smallest absolute Gasteiger partial charge is 0.239 e. The van der Waals surface area contributed by atoms with Crippen LogP contribution in [-0.2, 0) is 9.53 Å². The van der Waals surface area contributed by atoms with Gasteiger partial charge >= 0.3 is 0 Å². The second kappa shape index (κ2) is 7.07. The van der Waals surface area contributed by atoms with Crippen LogP contribution >= 0.6 is 0 Å². The van der Waals surface area contributed by atoms with Gasteiger partial charge in [-0.15, -0.1) is 0 Å². The van der Waals surface area contributed by atoms with E-state index in [0.29, 0.717) is 19.7 Å². The summed E-state index contributed by atoms with van der Waals surface area (Å²) >= 11 is 0. The van der Waals surface area contributed by atoms with Gasteiger partial charge in [0.2, 0.25) is 5.91 Å². The molecule has 0 radical (unpaired) electrons. The van der Waals surface area contributed by atoms with Gasteiger partial charge in [0.15, 0.2) is 0 Å². The Bertz CT molecular complexity index is 271. The SMILES string of the molecule is CCC(C)C(N)C(=O)N1CCOC(CN(C)C)C1. The molecule has 1 rings (SSSR count). The molecule has 18 heavy (non-hydrogen) atoms. The van der Waals surface area contributed by atoms with E-state index in [0.717, 1.165) is 13.0 Å². The van der Waals surface area contributed by atoms with Gasteiger partial charge in [-0.1, -0.05) is 20.3 Å². The molecule has 5 heteroatoms. The van der Waals surface area contributed by atoms with E-state index >= 15 is 0 Å². The summed E-state index contributed by atoms with van der Waals surface area (Å²) in [7, 11) is 4.02. The molecular formula is C13H27N3O2. The van der Waals surface area contributed by atoms with Crippen molar-refractivity contribution >= 4 is 5.91 Å². The molecule has 1 fully saturated rings. The summed E-state index contributed by atoms with van der Waals surface area (Å²) in [5.74, 6) is 0.295. The zero-order valence-corrected chi connectivity index (χ0v) is 12.1. The van der Waals surface area contributed by atoms with Crippen LogP contribution in [0.5, 0.6) is 0 Å². The van der Waals surface area contributed by atoms with Crippen LogP contribution in [0.25, 0.3) is 0 Å². The van der Waals surface area contributed by atoms with Crippen LogP contribution in [0, 0.1) is 5.92 Å². The second-order valence-electron chi connectivity index (χ2n) is 5.45. The maximum atomic E-state index is 12.3. The highest BCUT2D eigenvalue weighted by atomic mass is 16.5. The first kappa shape index (κ1) is 15.4. The molecule has 0 aliphatic carbocycles. The molecule has 5 nitrogen and oxygen atoms in total. The predicted molar refractivity (Wildman–Crippen MR) is 72.3 cm³/mol. The van der Waals surface area contributed by atoms with Crippen molar-refractivity contribution in [3.63, 3.8) is 0 Å². The standard InChI is InChI=1S/C13H27N3O2/c1-5-10(2)12(14)13(17)16-6-7-18-11(9-16)8-15(3)4/h10-12H,5-9,14H2,1-4H3. The maximum Gasteiger partial charge on any atom is 0.239 e. The van der Waals surface area contributed by atoms with Crippen LogP contribution in [0.4, 0.5) is 0 Å². The quantitative estimate of drug-likeness (QED) is 0.761. The van der Waals surface area contributed by atoms with Crippen molar-refractivity contribution in [1.82, 2.24) is 9.80 Å². The van der Waals surface area contributed by atoms with Crippen molar-refractivity contribution in [2.45, 2.75) is 32.4 Å². The van der Waals surface area contributed by atoms with Crippen molar-refractivity contribution in [3.8, 4) is 0 Å². The number of hydrogen-bond acceptors (Lipinski definition) is 4. The molecular weight excluding hydrogens is 230 g/mol. The van der Waals surface area contributed by atoms with Crippen LogP contribution in [-0.4, -0.2) is 68.2 Å². The van der Waals surface area contributed by atoms with Crippen molar-refractivity contribution in [2.75, 3.05) is 40.3 Å². The zero-order chi connectivity index (χ0) is 13.7. The molecule has 1 aliphatic heterocycles. The summed E-state index contributed by atoms with van der Waals surface area (Å²) in [6, 6.07) is -0.381. The summed E-state index contributed by atoms with van der Waals surface area (Å²) in [6.07, 6.45) is 1.03. The third kappa shape index (κ3) is 4.23. The van der Waals surface area contributed by atoms with E-state index in [-0.39, 0.29) is 24.0 Å². The first-order valence-electron chi connectivity index (χ1n) is 6.76. The fourth-order valence-corrected chi connectivity index (χ4v) is 2.15. The number of hydrogen-bond donors (Lipinski definition) is 1. The Balaban J connectivity index is 2.52. The Hall–Kier alpha value is -0.650. The Morgan fingerprint density at radius 3 is 2.78 bits per heavy atom. The van der Waals surface area contributed by atoms with Crippen LogP contribution in [0.3, 0.4) is 0 Å². The van der Waals surface area contributed by atoms with E-state index in [9.17, 15) is 4.79 Å². The highest BCUT2D eigenvalue weighted by Crippen LogP contribution is 2.12. The van der Waals surface area contributed by atoms with E-state index < -0.39 is 0 Å². The molecule has 0 bridgehead atoms. The molecule has 1 saturated heterocycles. The Labute approximate surface area is 110 Å². The molecule has 3 unspecified atom stereocenters. The molecule has 0 aromatic rings. The normalized spacial score (nSPS) is 24.1. The molecule has 2 N–H and O–H groups in total. The minimum absolute atomic E-state index is 0.0661. The number of likely N-dealkylation sites (N-methyl/N-ethyl adjacent to an activating group) is 1. The Morgan fingerprint density at radius 1 is 1.56 bits per heavy atom. The summed E-state index contributed by atoms with van der Waals surface area (Å²) in [6.45, 7) is 6.85. The Morgan fingerprint density at radius 2 is 2.22 bits per heavy atom. The lowest BCUT2D eigenvalue weighted by molar-refractivity contribution is -0.141. The lowest BCUT2D eigenvalue weighted by atomic mass is 9.98. The highest BCUT2D eigenvalue weighted by molar-refractivity contribution is 5.82. The molecule has 0 saturated carbocycles. The van der Waals surface area contributed by atoms with Crippen LogP contribution in [0.15, 0.2) is 0 Å². The lowest BCUT2D eigenvalue weighted by Gasteiger charge is -2.36. The van der Waals surface area contributed by atoms with Gasteiger partial charge in [-0.3, -0.25) is 4.79 Å². The highest BCUT2D eigenvalue weighted by Gasteiger charge is 2.29. The van der Waals surface area contributed by atoms with Crippen LogP contribution < -0.4 is 5.73 Å². The minimum Gasteiger partial charge on any atom is -0.373 e. The monoisotopic (exact) mass is 257 g/mol. The summed E-state index contributed by atoms with van der Waals surface area (Å²) < 4.78 is 5.66. The van der Waals surface area contributed by atoms with Gasteiger partial charge in [0.25, 0.3) is 0 Å². The first-order chi connectivity index (χ1) is 8.45. The van der Waals surface area contributed by atoms with Gasteiger partial charge in [-0.25, -0.2) is 0 Å². The van der Waals surface area contributed by atoms with Gasteiger partial charge in [0, 0.05) is 19.6 Å². The van der Waals surface area contributed by atoms with Crippen LogP contribution in [0.2, 0.25) is 0 Å². The molecule has 1 amide bonds. The van der Waals surface area contributed by atoms with Gasteiger partial charge in [0.1, 0.15) is 0 Å². The number of carbonyl (C=O) groups excluding carboxylic acids is 1. The van der Waals surface area contributed by atoms with Gasteiger partial charge in [-0.05, 0) is 20.0 Å². The number of rotatable bonds is 5. The largest absolute Gasteiger partial charge is 0.373 e. The average Bonchev–Trinajstić information content (AvgIpc) is 2.35. The number of carbonyl (C=O) groups is 1. The maximum absolute atomic E-state index is 12.3. The van der Waals surface area contributed by atoms with Crippen LogP contribution in [0.1, 0.15) is 20.3 Å². The summed E-state index contributed by atoms with van der Waals surface area (Å²) in [5.41, 5.74) is 6.01.